The lowest BCUT2D eigenvalue weighted by Crippen LogP contribution is -2.01. The number of carboxylic acid groups (broad SMARTS) is 1. The van der Waals surface area contributed by atoms with Crippen molar-refractivity contribution in [2.45, 2.75) is 6.42 Å². The standard InChI is InChI=1S/C15H11Cl2N3O2/c1-20-3-2-9-10(14-11(16)7-18-15(17)19-14)4-8(5-12(9)20)6-13(21)22/h2-5,7H,6H2,1H3,(H,21,22). The van der Waals surface area contributed by atoms with Crippen LogP contribution in [-0.2, 0) is 18.3 Å². The van der Waals surface area contributed by atoms with E-state index in [1.165, 1.54) is 6.20 Å². The lowest BCUT2D eigenvalue weighted by atomic mass is 10.0. The maximum atomic E-state index is 11.0. The van der Waals surface area contributed by atoms with Gasteiger partial charge in [0.15, 0.2) is 0 Å². The Balaban J connectivity index is 2.31. The summed E-state index contributed by atoms with van der Waals surface area (Å²) < 4.78 is 1.92. The van der Waals surface area contributed by atoms with E-state index in [9.17, 15) is 4.79 Å². The summed E-state index contributed by atoms with van der Waals surface area (Å²) in [6.45, 7) is 0. The Kier molecular flexibility index (Phi) is 3.76. The zero-order chi connectivity index (χ0) is 15.9. The van der Waals surface area contributed by atoms with Gasteiger partial charge in [-0.1, -0.05) is 11.6 Å². The number of hydrogen-bond donors (Lipinski definition) is 1. The third-order valence-corrected chi connectivity index (χ3v) is 3.85. The van der Waals surface area contributed by atoms with Gasteiger partial charge in [-0.25, -0.2) is 9.97 Å². The molecule has 1 aromatic carbocycles. The topological polar surface area (TPSA) is 68.0 Å². The Morgan fingerprint density at radius 3 is 2.86 bits per heavy atom. The molecule has 0 spiro atoms. The number of rotatable bonds is 3. The summed E-state index contributed by atoms with van der Waals surface area (Å²) in [6, 6.07) is 5.56. The van der Waals surface area contributed by atoms with Gasteiger partial charge in [0.2, 0.25) is 5.28 Å². The van der Waals surface area contributed by atoms with Gasteiger partial charge in [0, 0.05) is 29.7 Å². The van der Waals surface area contributed by atoms with Crippen molar-refractivity contribution in [3.63, 3.8) is 0 Å². The van der Waals surface area contributed by atoms with Crippen LogP contribution in [0.4, 0.5) is 0 Å². The van der Waals surface area contributed by atoms with Gasteiger partial charge in [0.25, 0.3) is 0 Å². The van der Waals surface area contributed by atoms with Crippen molar-refractivity contribution in [3.8, 4) is 11.3 Å². The Morgan fingerprint density at radius 2 is 2.14 bits per heavy atom. The fourth-order valence-electron chi connectivity index (χ4n) is 2.44. The van der Waals surface area contributed by atoms with Gasteiger partial charge in [0.05, 0.1) is 23.3 Å². The molecule has 0 fully saturated rings. The van der Waals surface area contributed by atoms with E-state index in [0.29, 0.717) is 16.3 Å². The quantitative estimate of drug-likeness (QED) is 0.743. The van der Waals surface area contributed by atoms with Gasteiger partial charge in [0.1, 0.15) is 0 Å². The molecule has 0 aliphatic carbocycles. The van der Waals surface area contributed by atoms with Crippen molar-refractivity contribution < 1.29 is 9.90 Å². The van der Waals surface area contributed by atoms with E-state index >= 15 is 0 Å². The molecule has 1 N–H and O–H groups in total. The van der Waals surface area contributed by atoms with Crippen molar-refractivity contribution >= 4 is 40.1 Å². The van der Waals surface area contributed by atoms with Crippen molar-refractivity contribution in [1.82, 2.24) is 14.5 Å². The van der Waals surface area contributed by atoms with E-state index in [2.05, 4.69) is 9.97 Å². The van der Waals surface area contributed by atoms with Gasteiger partial charge in [-0.3, -0.25) is 4.79 Å². The van der Waals surface area contributed by atoms with Gasteiger partial charge >= 0.3 is 5.97 Å². The number of aliphatic carboxylic acids is 1. The van der Waals surface area contributed by atoms with Gasteiger partial charge in [-0.2, -0.15) is 0 Å². The van der Waals surface area contributed by atoms with Crippen molar-refractivity contribution in [3.05, 3.63) is 46.5 Å². The molecule has 0 radical (unpaired) electrons. The normalized spacial score (nSPS) is 11.0. The number of hydrogen-bond acceptors (Lipinski definition) is 3. The Bertz CT molecular complexity index is 890. The summed E-state index contributed by atoms with van der Waals surface area (Å²) in [6.07, 6.45) is 3.25. The largest absolute Gasteiger partial charge is 0.481 e. The van der Waals surface area contributed by atoms with Gasteiger partial charge in [-0.15, -0.1) is 0 Å². The molecule has 0 saturated heterocycles. The molecule has 3 rings (SSSR count). The zero-order valence-corrected chi connectivity index (χ0v) is 13.1. The molecule has 0 bridgehead atoms. The lowest BCUT2D eigenvalue weighted by Gasteiger charge is -2.09. The van der Waals surface area contributed by atoms with Crippen molar-refractivity contribution in [1.29, 1.82) is 0 Å². The minimum Gasteiger partial charge on any atom is -0.481 e. The fourth-order valence-corrected chi connectivity index (χ4v) is 2.76. The Labute approximate surface area is 136 Å². The molecule has 2 aromatic heterocycles. The molecule has 0 amide bonds. The molecule has 0 unspecified atom stereocenters. The highest BCUT2D eigenvalue weighted by Gasteiger charge is 2.15. The number of halogens is 2. The average Bonchev–Trinajstić information content (AvgIpc) is 2.82. The number of benzene rings is 1. The number of aromatic nitrogens is 3. The summed E-state index contributed by atoms with van der Waals surface area (Å²) >= 11 is 12.1. The number of fused-ring (bicyclic) bond motifs is 1. The third-order valence-electron chi connectivity index (χ3n) is 3.39. The predicted octanol–water partition coefficient (Wildman–Crippen LogP) is 3.57. The molecule has 5 nitrogen and oxygen atoms in total. The first-order chi connectivity index (χ1) is 10.5. The summed E-state index contributed by atoms with van der Waals surface area (Å²) in [5.41, 5.74) is 2.80. The van der Waals surface area contributed by atoms with Gasteiger partial charge < -0.3 is 9.67 Å². The molecular formula is C15H11Cl2N3O2. The third kappa shape index (κ3) is 2.65. The second-order valence-electron chi connectivity index (χ2n) is 4.91. The molecule has 0 atom stereocenters. The molecular weight excluding hydrogens is 325 g/mol. The second-order valence-corrected chi connectivity index (χ2v) is 5.65. The maximum Gasteiger partial charge on any atom is 0.307 e. The molecule has 22 heavy (non-hydrogen) atoms. The average molecular weight is 336 g/mol. The van der Waals surface area contributed by atoms with Crippen LogP contribution in [0.15, 0.2) is 30.6 Å². The fraction of sp³-hybridized carbons (Fsp3) is 0.133. The van der Waals surface area contributed by atoms with E-state index in [1.54, 1.807) is 6.07 Å². The number of aryl methyl sites for hydroxylation is 1. The predicted molar refractivity (Wildman–Crippen MR) is 85.3 cm³/mol. The molecule has 112 valence electrons. The Hall–Kier alpha value is -2.11. The first-order valence-corrected chi connectivity index (χ1v) is 7.19. The summed E-state index contributed by atoms with van der Waals surface area (Å²) in [5.74, 6) is -0.897. The summed E-state index contributed by atoms with van der Waals surface area (Å²) in [5, 5.41) is 10.4. The van der Waals surface area contributed by atoms with Crippen LogP contribution in [0.3, 0.4) is 0 Å². The summed E-state index contributed by atoms with van der Waals surface area (Å²) in [4.78, 5) is 19.0. The molecule has 3 aromatic rings. The molecule has 0 aliphatic rings. The van der Waals surface area contributed by atoms with E-state index in [-0.39, 0.29) is 11.7 Å². The molecule has 2 heterocycles. The van der Waals surface area contributed by atoms with Crippen molar-refractivity contribution in [2.75, 3.05) is 0 Å². The van der Waals surface area contributed by atoms with E-state index < -0.39 is 5.97 Å². The minimum absolute atomic E-state index is 0.0788. The van der Waals surface area contributed by atoms with Crippen LogP contribution in [0.5, 0.6) is 0 Å². The number of carboxylic acids is 1. The highest BCUT2D eigenvalue weighted by molar-refractivity contribution is 6.34. The van der Waals surface area contributed by atoms with Crippen LogP contribution in [-0.4, -0.2) is 25.6 Å². The van der Waals surface area contributed by atoms with Crippen LogP contribution in [0.25, 0.3) is 22.2 Å². The minimum atomic E-state index is -0.897. The Morgan fingerprint density at radius 1 is 1.36 bits per heavy atom. The molecule has 0 aliphatic heterocycles. The number of nitrogens with zero attached hydrogens (tertiary/aromatic N) is 3. The van der Waals surface area contributed by atoms with Crippen molar-refractivity contribution in [2.24, 2.45) is 7.05 Å². The molecule has 0 saturated carbocycles. The van der Waals surface area contributed by atoms with Crippen LogP contribution in [0, 0.1) is 0 Å². The van der Waals surface area contributed by atoms with E-state index in [4.69, 9.17) is 28.3 Å². The lowest BCUT2D eigenvalue weighted by molar-refractivity contribution is -0.136. The SMILES string of the molecule is Cn1ccc2c(-c3nc(Cl)ncc3Cl)cc(CC(=O)O)cc21. The highest BCUT2D eigenvalue weighted by Crippen LogP contribution is 2.34. The first kappa shape index (κ1) is 14.8. The van der Waals surface area contributed by atoms with Crippen LogP contribution < -0.4 is 0 Å². The second kappa shape index (κ2) is 5.59. The van der Waals surface area contributed by atoms with Crippen LogP contribution in [0.2, 0.25) is 10.3 Å². The number of carbonyl (C=O) groups is 1. The van der Waals surface area contributed by atoms with E-state index in [0.717, 1.165) is 16.5 Å². The molecule has 7 heteroatoms. The summed E-state index contributed by atoms with van der Waals surface area (Å²) in [7, 11) is 1.89. The van der Waals surface area contributed by atoms with Gasteiger partial charge in [-0.05, 0) is 35.4 Å². The zero-order valence-electron chi connectivity index (χ0n) is 11.5. The monoisotopic (exact) mass is 335 g/mol. The highest BCUT2D eigenvalue weighted by atomic mass is 35.5. The first-order valence-electron chi connectivity index (χ1n) is 6.44. The van der Waals surface area contributed by atoms with Crippen LogP contribution >= 0.6 is 23.2 Å². The maximum absolute atomic E-state index is 11.0. The smallest absolute Gasteiger partial charge is 0.307 e. The van der Waals surface area contributed by atoms with Crippen LogP contribution in [0.1, 0.15) is 5.56 Å². The van der Waals surface area contributed by atoms with E-state index in [1.807, 2.05) is 29.9 Å².